The van der Waals surface area contributed by atoms with Crippen LogP contribution in [0.2, 0.25) is 0 Å². The molecule has 0 bridgehead atoms. The van der Waals surface area contributed by atoms with E-state index in [1.807, 2.05) is 0 Å². The van der Waals surface area contributed by atoms with Crippen molar-refractivity contribution in [2.45, 2.75) is 23.6 Å². The van der Waals surface area contributed by atoms with Crippen LogP contribution in [0.3, 0.4) is 0 Å². The minimum absolute atomic E-state index is 0. The fourth-order valence-corrected chi connectivity index (χ4v) is 4.31. The van der Waals surface area contributed by atoms with Gasteiger partial charge < -0.3 is 14.2 Å². The second-order valence-corrected chi connectivity index (χ2v) is 10.2. The van der Waals surface area contributed by atoms with Gasteiger partial charge in [-0.1, -0.05) is 0 Å². The van der Waals surface area contributed by atoms with Crippen molar-refractivity contribution in [3.05, 3.63) is 65.4 Å². The summed E-state index contributed by atoms with van der Waals surface area (Å²) < 4.78 is 67.7. The maximum absolute atomic E-state index is 13.0. The number of carbonyl (C=O) groups excluding carboxylic acids is 1. The van der Waals surface area contributed by atoms with Crippen LogP contribution >= 0.6 is 0 Å². The molecule has 0 unspecified atom stereocenters. The topological polar surface area (TPSA) is 188 Å². The molecule has 38 heavy (non-hydrogen) atoms. The first kappa shape index (κ1) is 37.1. The molecule has 0 saturated heterocycles. The fourth-order valence-electron chi connectivity index (χ4n) is 3.37. The average Bonchev–Trinajstić information content (AvgIpc) is 3.23. The maximum atomic E-state index is 13.0. The summed E-state index contributed by atoms with van der Waals surface area (Å²) in [5.41, 5.74) is 1.19. The summed E-state index contributed by atoms with van der Waals surface area (Å²) in [6.45, 7) is 3.10. The van der Waals surface area contributed by atoms with Crippen molar-refractivity contribution in [1.82, 2.24) is 9.78 Å². The van der Waals surface area contributed by atoms with Crippen molar-refractivity contribution in [2.75, 3.05) is 5.01 Å². The predicted octanol–water partition coefficient (Wildman–Crippen LogP) is -8.12. The van der Waals surface area contributed by atoms with Gasteiger partial charge in [-0.3, -0.25) is 4.79 Å². The van der Waals surface area contributed by atoms with E-state index in [1.165, 1.54) is 30.3 Å². The van der Waals surface area contributed by atoms with Gasteiger partial charge in [-0.2, -0.15) is 15.2 Å². The minimum atomic E-state index is -4.65. The van der Waals surface area contributed by atoms with Crippen molar-refractivity contribution in [1.29, 1.82) is 0 Å². The molecule has 17 heteroatoms. The van der Waals surface area contributed by atoms with E-state index >= 15 is 0 Å². The number of carbonyl (C=O) groups is 1. The third-order valence-electron chi connectivity index (χ3n) is 5.15. The second-order valence-electron chi connectivity index (χ2n) is 7.47. The van der Waals surface area contributed by atoms with E-state index in [-0.39, 0.29) is 188 Å². The van der Waals surface area contributed by atoms with E-state index in [0.29, 0.717) is 0 Å². The predicted molar refractivity (Wildman–Crippen MR) is 119 cm³/mol. The van der Waals surface area contributed by atoms with E-state index in [0.717, 1.165) is 34.0 Å². The molecule has 4 rings (SSSR count). The quantitative estimate of drug-likeness (QED) is 0.150. The summed E-state index contributed by atoms with van der Waals surface area (Å²) in [7, 11) is -9.30. The summed E-state index contributed by atoms with van der Waals surface area (Å²) in [5, 5.41) is 22.3. The van der Waals surface area contributed by atoms with Crippen molar-refractivity contribution >= 4 is 43.6 Å². The zero-order valence-electron chi connectivity index (χ0n) is 21.1. The number of aromatic nitrogens is 2. The Morgan fingerprint density at radius 2 is 1.24 bits per heavy atom. The summed E-state index contributed by atoms with van der Waals surface area (Å²) in [4.78, 5) is 12.1. The molecule has 0 fully saturated rings. The molecule has 0 aliphatic carbocycles. The van der Waals surface area contributed by atoms with Crippen LogP contribution in [0.5, 0.6) is 5.88 Å². The van der Waals surface area contributed by atoms with Crippen molar-refractivity contribution in [2.24, 2.45) is 5.10 Å². The monoisotopic (exact) mass is 632 g/mol. The molecule has 1 aliphatic rings. The Morgan fingerprint density at radius 1 is 0.789 bits per heavy atom. The first-order valence-electron chi connectivity index (χ1n) is 9.78. The molecule has 0 saturated carbocycles. The Balaban J connectivity index is 0.00000241. The molecule has 3 aromatic rings. The Kier molecular flexibility index (Phi) is 14.1. The maximum Gasteiger partial charge on any atom is 1.00 e. The molecule has 1 amide bonds. The number of anilines is 1. The normalized spacial score (nSPS) is 14.4. The van der Waals surface area contributed by atoms with Crippen LogP contribution in [-0.4, -0.2) is 47.3 Å². The molecule has 2 heterocycles. The molecule has 12 nitrogen and oxygen atoms in total. The summed E-state index contributed by atoms with van der Waals surface area (Å²) >= 11 is 0. The Hall–Kier alpha value is 1.06. The number of nitrogens with zero attached hydrogens (tertiary/aromatic N) is 4. The van der Waals surface area contributed by atoms with Crippen molar-refractivity contribution in [3.63, 3.8) is 0 Å². The Bertz CT molecular complexity index is 1630. The van der Waals surface area contributed by atoms with E-state index in [2.05, 4.69) is 10.2 Å². The van der Waals surface area contributed by atoms with E-state index in [1.54, 1.807) is 13.8 Å². The molecule has 2 aromatic carbocycles. The number of hydrazone groups is 1. The molecule has 0 N–H and O–H groups in total. The van der Waals surface area contributed by atoms with Crippen molar-refractivity contribution in [3.8, 4) is 11.6 Å². The van der Waals surface area contributed by atoms with Gasteiger partial charge in [0.05, 0.1) is 38.1 Å². The number of hydrogen-bond donors (Lipinski definition) is 0. The van der Waals surface area contributed by atoms with Crippen LogP contribution < -0.4 is 164 Å². The molecule has 0 radical (unpaired) electrons. The summed E-state index contributed by atoms with van der Waals surface area (Å²) in [5.74, 6) is -1.17. The SMILES string of the molecule is CC1=NN(c2ccc(S(=O)(=O)[O-])cc2)C(=O)/C1=C\c1c(C)nn(-c2ccc(S(=O)(=O)[O-])cc2)c1[O-].[K+].[K+].[K+]. The third kappa shape index (κ3) is 8.11. The standard InChI is InChI=1S/C21H18N4O8S2.3K/c1-12-18(20(26)24(22-12)14-3-7-16(8-4-14)34(28,29)30)11-19-13(2)23-25(21(19)27)15-5-9-17(10-6-15)35(31,32)33;;;/h3-11,26H,1-2H3,(H,28,29,30)(H,31,32,33);;;/q;3*+1/p-3/b19-11-;;;. The van der Waals surface area contributed by atoms with Gasteiger partial charge in [0.15, 0.2) is 0 Å². The van der Waals surface area contributed by atoms with Gasteiger partial charge in [0, 0.05) is 5.56 Å². The molecule has 182 valence electrons. The van der Waals surface area contributed by atoms with Crippen LogP contribution in [-0.2, 0) is 25.0 Å². The Morgan fingerprint density at radius 3 is 1.68 bits per heavy atom. The molecule has 0 spiro atoms. The van der Waals surface area contributed by atoms with Crippen LogP contribution in [0.15, 0.2) is 69.0 Å². The van der Waals surface area contributed by atoms with E-state index < -0.39 is 41.8 Å². The first-order chi connectivity index (χ1) is 16.3. The first-order valence-corrected chi connectivity index (χ1v) is 12.6. The smallest absolute Gasteiger partial charge is 0.858 e. The largest absolute Gasteiger partial charge is 1.00 e. The van der Waals surface area contributed by atoms with Gasteiger partial charge in [0.25, 0.3) is 5.91 Å². The fraction of sp³-hybridized carbons (Fsp3) is 0.0952. The number of rotatable bonds is 5. The van der Waals surface area contributed by atoms with Crippen LogP contribution in [0.1, 0.15) is 18.2 Å². The average molecular weight is 633 g/mol. The van der Waals surface area contributed by atoms with Crippen LogP contribution in [0.25, 0.3) is 11.8 Å². The van der Waals surface area contributed by atoms with E-state index in [9.17, 15) is 35.8 Å². The summed E-state index contributed by atoms with van der Waals surface area (Å²) in [6, 6.07) is 9.28. The molecule has 1 aliphatic heterocycles. The van der Waals surface area contributed by atoms with Gasteiger partial charge in [0.1, 0.15) is 20.2 Å². The van der Waals surface area contributed by atoms with Crippen molar-refractivity contribution < 1.29 is 190 Å². The van der Waals surface area contributed by atoms with Gasteiger partial charge in [-0.25, -0.2) is 21.5 Å². The second kappa shape index (κ2) is 14.5. The number of aryl methyl sites for hydroxylation is 1. The zero-order chi connectivity index (χ0) is 25.7. The number of amides is 1. The van der Waals surface area contributed by atoms with Crippen LogP contribution in [0.4, 0.5) is 5.69 Å². The number of benzene rings is 2. The molecule has 0 atom stereocenters. The van der Waals surface area contributed by atoms with Gasteiger partial charge >= 0.3 is 154 Å². The third-order valence-corrected chi connectivity index (χ3v) is 6.85. The van der Waals surface area contributed by atoms with E-state index in [4.69, 9.17) is 0 Å². The van der Waals surface area contributed by atoms with Gasteiger partial charge in [-0.05, 0) is 74.3 Å². The molecular weight excluding hydrogens is 618 g/mol. The summed E-state index contributed by atoms with van der Waals surface area (Å²) in [6.07, 6.45) is 1.33. The zero-order valence-corrected chi connectivity index (χ0v) is 32.1. The van der Waals surface area contributed by atoms with Crippen LogP contribution in [0, 0.1) is 6.92 Å². The van der Waals surface area contributed by atoms with Gasteiger partial charge in [-0.15, -0.1) is 0 Å². The Labute approximate surface area is 346 Å². The molecular formula is C21H15K3N4O8S2. The minimum Gasteiger partial charge on any atom is -0.858 e. The molecule has 1 aromatic heterocycles. The van der Waals surface area contributed by atoms with Gasteiger partial charge in [0.2, 0.25) is 0 Å². The number of hydrogen-bond acceptors (Lipinski definition) is 10.